The molecule has 4 atom stereocenters. The van der Waals surface area contributed by atoms with Crippen molar-refractivity contribution in [2.45, 2.75) is 51.1 Å². The Kier molecular flexibility index (Phi) is 7.30. The summed E-state index contributed by atoms with van der Waals surface area (Å²) in [6.45, 7) is 10.6. The third kappa shape index (κ3) is 5.72. The van der Waals surface area contributed by atoms with Gasteiger partial charge in [-0.1, -0.05) is 12.2 Å². The molecule has 0 amide bonds. The van der Waals surface area contributed by atoms with E-state index in [1.165, 1.54) is 0 Å². The molecule has 0 aliphatic heterocycles. The summed E-state index contributed by atoms with van der Waals surface area (Å²) in [6.07, 6.45) is 2.75. The molecule has 0 aliphatic carbocycles. The first-order valence-electron chi connectivity index (χ1n) is 5.26. The summed E-state index contributed by atoms with van der Waals surface area (Å²) in [4.78, 5) is 0. The standard InChI is InChI=1S/C12H22O3/c1-5-7-11(9(3)13)15-12(8-6-2)10(4)14/h5-6,9-14H,1-2,7-8H2,3-4H3. The van der Waals surface area contributed by atoms with E-state index in [1.807, 2.05) is 0 Å². The van der Waals surface area contributed by atoms with E-state index >= 15 is 0 Å². The minimum atomic E-state index is -0.575. The predicted octanol–water partition coefficient (Wildman–Crippen LogP) is 1.65. The highest BCUT2D eigenvalue weighted by molar-refractivity contribution is 4.82. The number of hydrogen-bond donors (Lipinski definition) is 2. The van der Waals surface area contributed by atoms with Crippen molar-refractivity contribution in [3.63, 3.8) is 0 Å². The minimum absolute atomic E-state index is 0.318. The van der Waals surface area contributed by atoms with Gasteiger partial charge >= 0.3 is 0 Å². The van der Waals surface area contributed by atoms with E-state index < -0.39 is 12.2 Å². The molecule has 2 N–H and O–H groups in total. The third-order valence-electron chi connectivity index (χ3n) is 2.22. The van der Waals surface area contributed by atoms with Crippen LogP contribution in [0.4, 0.5) is 0 Å². The second-order valence-corrected chi connectivity index (χ2v) is 3.74. The maximum atomic E-state index is 9.46. The molecule has 4 unspecified atom stereocenters. The van der Waals surface area contributed by atoms with Crippen LogP contribution in [-0.2, 0) is 4.74 Å². The van der Waals surface area contributed by atoms with Crippen LogP contribution in [-0.4, -0.2) is 34.6 Å². The Morgan fingerprint density at radius 2 is 1.33 bits per heavy atom. The van der Waals surface area contributed by atoms with E-state index in [9.17, 15) is 10.2 Å². The molecule has 0 aromatic rings. The number of hydrogen-bond acceptors (Lipinski definition) is 3. The molecule has 0 aromatic heterocycles. The third-order valence-corrected chi connectivity index (χ3v) is 2.22. The highest BCUT2D eigenvalue weighted by Gasteiger charge is 2.22. The van der Waals surface area contributed by atoms with Crippen LogP contribution in [0.15, 0.2) is 25.3 Å². The summed E-state index contributed by atoms with van der Waals surface area (Å²) in [5.74, 6) is 0. The predicted molar refractivity (Wildman–Crippen MR) is 61.7 cm³/mol. The van der Waals surface area contributed by atoms with E-state index in [2.05, 4.69) is 13.2 Å². The molecule has 3 heteroatoms. The SMILES string of the molecule is C=CCC(OC(CC=C)C(C)O)C(C)O. The highest BCUT2D eigenvalue weighted by Crippen LogP contribution is 2.14. The molecule has 0 aromatic carbocycles. The van der Waals surface area contributed by atoms with E-state index in [1.54, 1.807) is 26.0 Å². The van der Waals surface area contributed by atoms with E-state index in [-0.39, 0.29) is 12.2 Å². The van der Waals surface area contributed by atoms with Crippen molar-refractivity contribution in [2.75, 3.05) is 0 Å². The van der Waals surface area contributed by atoms with Gasteiger partial charge in [0.05, 0.1) is 24.4 Å². The van der Waals surface area contributed by atoms with Gasteiger partial charge in [-0.3, -0.25) is 0 Å². The summed E-state index contributed by atoms with van der Waals surface area (Å²) < 4.78 is 5.61. The lowest BCUT2D eigenvalue weighted by Crippen LogP contribution is -2.35. The molecule has 0 aliphatic rings. The molecule has 0 saturated carbocycles. The molecule has 0 spiro atoms. The van der Waals surface area contributed by atoms with Crippen LogP contribution in [0.1, 0.15) is 26.7 Å². The first-order chi connectivity index (χ1) is 7.02. The van der Waals surface area contributed by atoms with Gasteiger partial charge < -0.3 is 14.9 Å². The maximum Gasteiger partial charge on any atom is 0.0870 e. The Hall–Kier alpha value is -0.640. The molecular formula is C12H22O3. The number of aliphatic hydroxyl groups is 2. The number of ether oxygens (including phenoxy) is 1. The van der Waals surface area contributed by atoms with Gasteiger partial charge in [0.1, 0.15) is 0 Å². The fourth-order valence-electron chi connectivity index (χ4n) is 1.29. The largest absolute Gasteiger partial charge is 0.391 e. The summed E-state index contributed by atoms with van der Waals surface area (Å²) in [5, 5.41) is 18.9. The molecule has 88 valence electrons. The molecule has 15 heavy (non-hydrogen) atoms. The van der Waals surface area contributed by atoms with Crippen molar-refractivity contribution in [3.05, 3.63) is 25.3 Å². The molecular weight excluding hydrogens is 192 g/mol. The summed E-state index contributed by atoms with van der Waals surface area (Å²) in [5.41, 5.74) is 0. The fraction of sp³-hybridized carbons (Fsp3) is 0.667. The fourth-order valence-corrected chi connectivity index (χ4v) is 1.29. The van der Waals surface area contributed by atoms with Crippen molar-refractivity contribution in [3.8, 4) is 0 Å². The van der Waals surface area contributed by atoms with Crippen molar-refractivity contribution >= 4 is 0 Å². The van der Waals surface area contributed by atoms with Crippen molar-refractivity contribution in [1.29, 1.82) is 0 Å². The lowest BCUT2D eigenvalue weighted by molar-refractivity contribution is -0.105. The van der Waals surface area contributed by atoms with Gasteiger partial charge in [-0.25, -0.2) is 0 Å². The van der Waals surface area contributed by atoms with E-state index in [0.29, 0.717) is 12.8 Å². The maximum absolute atomic E-state index is 9.46. The van der Waals surface area contributed by atoms with Crippen LogP contribution in [0.2, 0.25) is 0 Å². The summed E-state index contributed by atoms with van der Waals surface area (Å²) >= 11 is 0. The zero-order valence-corrected chi connectivity index (χ0v) is 9.60. The van der Waals surface area contributed by atoms with Crippen LogP contribution < -0.4 is 0 Å². The number of rotatable bonds is 8. The Labute approximate surface area is 92.1 Å². The zero-order chi connectivity index (χ0) is 11.8. The lowest BCUT2D eigenvalue weighted by Gasteiger charge is -2.27. The van der Waals surface area contributed by atoms with Gasteiger partial charge in [0.15, 0.2) is 0 Å². The van der Waals surface area contributed by atoms with Gasteiger partial charge in [0.25, 0.3) is 0 Å². The van der Waals surface area contributed by atoms with Gasteiger partial charge in [-0.2, -0.15) is 0 Å². The first-order valence-corrected chi connectivity index (χ1v) is 5.26. The monoisotopic (exact) mass is 214 g/mol. The Balaban J connectivity index is 4.31. The first kappa shape index (κ1) is 14.4. The van der Waals surface area contributed by atoms with Crippen molar-refractivity contribution < 1.29 is 14.9 Å². The van der Waals surface area contributed by atoms with Gasteiger partial charge in [0, 0.05) is 0 Å². The van der Waals surface area contributed by atoms with E-state index in [4.69, 9.17) is 4.74 Å². The van der Waals surface area contributed by atoms with Crippen molar-refractivity contribution in [1.82, 2.24) is 0 Å². The molecule has 0 bridgehead atoms. The zero-order valence-electron chi connectivity index (χ0n) is 9.60. The molecule has 0 saturated heterocycles. The topological polar surface area (TPSA) is 49.7 Å². The van der Waals surface area contributed by atoms with Crippen molar-refractivity contribution in [2.24, 2.45) is 0 Å². The second kappa shape index (κ2) is 7.63. The van der Waals surface area contributed by atoms with Crippen LogP contribution in [0, 0.1) is 0 Å². The van der Waals surface area contributed by atoms with E-state index in [0.717, 1.165) is 0 Å². The Morgan fingerprint density at radius 1 is 1.00 bits per heavy atom. The molecule has 0 radical (unpaired) electrons. The van der Waals surface area contributed by atoms with Crippen LogP contribution >= 0.6 is 0 Å². The smallest absolute Gasteiger partial charge is 0.0870 e. The lowest BCUT2D eigenvalue weighted by atomic mass is 10.1. The Bertz CT molecular complexity index is 167. The average Bonchev–Trinajstić information content (AvgIpc) is 2.15. The minimum Gasteiger partial charge on any atom is -0.391 e. The summed E-state index contributed by atoms with van der Waals surface area (Å²) in [6, 6.07) is 0. The normalized spacial score (nSPS) is 18.9. The molecule has 0 heterocycles. The van der Waals surface area contributed by atoms with Gasteiger partial charge in [-0.05, 0) is 26.7 Å². The van der Waals surface area contributed by atoms with Gasteiger partial charge in [0.2, 0.25) is 0 Å². The van der Waals surface area contributed by atoms with Crippen LogP contribution in [0.25, 0.3) is 0 Å². The van der Waals surface area contributed by atoms with Gasteiger partial charge in [-0.15, -0.1) is 13.2 Å². The molecule has 3 nitrogen and oxygen atoms in total. The highest BCUT2D eigenvalue weighted by atomic mass is 16.5. The molecule has 0 fully saturated rings. The second-order valence-electron chi connectivity index (χ2n) is 3.74. The Morgan fingerprint density at radius 3 is 1.53 bits per heavy atom. The quantitative estimate of drug-likeness (QED) is 0.604. The summed E-state index contributed by atoms with van der Waals surface area (Å²) in [7, 11) is 0. The van der Waals surface area contributed by atoms with Crippen LogP contribution in [0.3, 0.4) is 0 Å². The average molecular weight is 214 g/mol. The molecule has 0 rings (SSSR count). The van der Waals surface area contributed by atoms with Crippen LogP contribution in [0.5, 0.6) is 0 Å². The number of aliphatic hydroxyl groups excluding tert-OH is 2.